The summed E-state index contributed by atoms with van der Waals surface area (Å²) in [6.45, 7) is 5.52. The summed E-state index contributed by atoms with van der Waals surface area (Å²) in [5, 5.41) is 5.39. The molecule has 0 radical (unpaired) electrons. The molecule has 2 heterocycles. The third-order valence-electron chi connectivity index (χ3n) is 4.16. The molecule has 0 saturated carbocycles. The van der Waals surface area contributed by atoms with Gasteiger partial charge in [0.25, 0.3) is 11.8 Å². The molecule has 32 heavy (non-hydrogen) atoms. The van der Waals surface area contributed by atoms with Crippen molar-refractivity contribution in [2.75, 3.05) is 18.5 Å². The van der Waals surface area contributed by atoms with Crippen molar-refractivity contribution < 1.29 is 32.2 Å². The van der Waals surface area contributed by atoms with Crippen LogP contribution in [0.4, 0.5) is 19.0 Å². The number of alkyl halides is 3. The molecule has 2 aromatic rings. The quantitative estimate of drug-likeness (QED) is 0.596. The van der Waals surface area contributed by atoms with Gasteiger partial charge in [0.05, 0.1) is 12.6 Å². The van der Waals surface area contributed by atoms with E-state index in [0.717, 1.165) is 0 Å². The summed E-state index contributed by atoms with van der Waals surface area (Å²) in [6, 6.07) is 3.85. The maximum Gasteiger partial charge on any atom is 0.422 e. The summed E-state index contributed by atoms with van der Waals surface area (Å²) in [5.41, 5.74) is 0.776. The zero-order valence-corrected chi connectivity index (χ0v) is 18.1. The van der Waals surface area contributed by atoms with E-state index in [1.807, 2.05) is 0 Å². The predicted octanol–water partition coefficient (Wildman–Crippen LogP) is 3.90. The fourth-order valence-electron chi connectivity index (χ4n) is 2.48. The molecule has 0 saturated heterocycles. The highest BCUT2D eigenvalue weighted by atomic mass is 19.4. The first-order valence-corrected chi connectivity index (χ1v) is 9.90. The number of carbonyl (C=O) groups excluding carboxylic acids is 2. The van der Waals surface area contributed by atoms with Crippen LogP contribution < -0.4 is 20.1 Å². The van der Waals surface area contributed by atoms with Gasteiger partial charge in [0.1, 0.15) is 5.82 Å². The molecule has 2 rings (SSSR count). The zero-order valence-electron chi connectivity index (χ0n) is 18.1. The maximum absolute atomic E-state index is 12.6. The monoisotopic (exact) mass is 454 g/mol. The third-order valence-corrected chi connectivity index (χ3v) is 4.16. The van der Waals surface area contributed by atoms with Crippen molar-refractivity contribution in [3.05, 3.63) is 41.7 Å². The fourth-order valence-corrected chi connectivity index (χ4v) is 2.48. The number of amides is 2. The number of rotatable bonds is 9. The summed E-state index contributed by atoms with van der Waals surface area (Å²) in [5.74, 6) is -0.912. The fraction of sp³-hybridized carbons (Fsp3) is 0.429. The van der Waals surface area contributed by atoms with Gasteiger partial charge in [-0.25, -0.2) is 9.97 Å². The van der Waals surface area contributed by atoms with E-state index in [4.69, 9.17) is 9.47 Å². The second kappa shape index (κ2) is 10.8. The molecule has 0 spiro atoms. The van der Waals surface area contributed by atoms with E-state index in [1.54, 1.807) is 27.7 Å². The van der Waals surface area contributed by atoms with Gasteiger partial charge in [0.15, 0.2) is 12.4 Å². The average Bonchev–Trinajstić information content (AvgIpc) is 2.72. The van der Waals surface area contributed by atoms with Crippen LogP contribution in [-0.2, 0) is 4.79 Å². The van der Waals surface area contributed by atoms with Crippen molar-refractivity contribution in [1.29, 1.82) is 0 Å². The van der Waals surface area contributed by atoms with Gasteiger partial charge in [-0.05, 0) is 37.6 Å². The summed E-state index contributed by atoms with van der Waals surface area (Å²) in [4.78, 5) is 32.4. The van der Waals surface area contributed by atoms with E-state index in [2.05, 4.69) is 20.6 Å². The molecule has 0 aliphatic carbocycles. The second-order valence-electron chi connectivity index (χ2n) is 7.18. The first-order valence-electron chi connectivity index (χ1n) is 9.90. The van der Waals surface area contributed by atoms with Crippen LogP contribution in [0.5, 0.6) is 11.6 Å². The third kappa shape index (κ3) is 7.40. The predicted molar refractivity (Wildman–Crippen MR) is 111 cm³/mol. The Morgan fingerprint density at radius 3 is 2.47 bits per heavy atom. The van der Waals surface area contributed by atoms with Gasteiger partial charge in [-0.3, -0.25) is 9.59 Å². The van der Waals surface area contributed by atoms with E-state index >= 15 is 0 Å². The summed E-state index contributed by atoms with van der Waals surface area (Å²) >= 11 is 0. The first-order chi connectivity index (χ1) is 15.0. The van der Waals surface area contributed by atoms with Crippen LogP contribution in [0.2, 0.25) is 0 Å². The smallest absolute Gasteiger partial charge is 0.422 e. The Balaban J connectivity index is 2.12. The largest absolute Gasteiger partial charge is 0.488 e. The standard InChI is InChI=1S/C21H25F3N4O4/c1-5-31-16-8-15(10-26-20(16)32-11-21(22,23)24)13(4)27-19(30)14-6-7-25-17(9-14)28-18(29)12(2)3/h6-10,12-13H,5,11H2,1-4H3,(H,27,30)(H,25,28,29). The lowest BCUT2D eigenvalue weighted by Gasteiger charge is -2.17. The molecule has 11 heteroatoms. The Morgan fingerprint density at radius 1 is 1.12 bits per heavy atom. The van der Waals surface area contributed by atoms with E-state index in [-0.39, 0.29) is 41.4 Å². The van der Waals surface area contributed by atoms with Crippen molar-refractivity contribution in [3.8, 4) is 11.6 Å². The van der Waals surface area contributed by atoms with Crippen molar-refractivity contribution in [2.45, 2.75) is 39.9 Å². The molecule has 8 nitrogen and oxygen atoms in total. The van der Waals surface area contributed by atoms with Gasteiger partial charge in [-0.2, -0.15) is 13.2 Å². The van der Waals surface area contributed by atoms with Crippen LogP contribution in [-0.4, -0.2) is 41.2 Å². The molecule has 2 N–H and O–H groups in total. The van der Waals surface area contributed by atoms with Crippen molar-refractivity contribution in [1.82, 2.24) is 15.3 Å². The zero-order chi connectivity index (χ0) is 23.9. The first kappa shape index (κ1) is 24.9. The topological polar surface area (TPSA) is 102 Å². The van der Waals surface area contributed by atoms with Crippen LogP contribution in [0.25, 0.3) is 0 Å². The number of aromatic nitrogens is 2. The molecule has 0 fully saturated rings. The minimum absolute atomic E-state index is 0.0398. The number of ether oxygens (including phenoxy) is 2. The Morgan fingerprint density at radius 2 is 1.84 bits per heavy atom. The van der Waals surface area contributed by atoms with Crippen LogP contribution in [0.3, 0.4) is 0 Å². The van der Waals surface area contributed by atoms with Crippen molar-refractivity contribution >= 4 is 17.6 Å². The van der Waals surface area contributed by atoms with Crippen LogP contribution in [0, 0.1) is 5.92 Å². The van der Waals surface area contributed by atoms with Gasteiger partial charge in [0.2, 0.25) is 5.91 Å². The maximum atomic E-state index is 12.6. The molecule has 174 valence electrons. The van der Waals surface area contributed by atoms with E-state index in [9.17, 15) is 22.8 Å². The van der Waals surface area contributed by atoms with E-state index in [1.165, 1.54) is 30.6 Å². The number of anilines is 1. The van der Waals surface area contributed by atoms with E-state index in [0.29, 0.717) is 5.56 Å². The molecule has 0 aliphatic rings. The number of nitrogens with one attached hydrogen (secondary N) is 2. The summed E-state index contributed by atoms with van der Waals surface area (Å²) < 4.78 is 47.4. The Kier molecular flexibility index (Phi) is 8.39. The minimum Gasteiger partial charge on any atom is -0.488 e. The summed E-state index contributed by atoms with van der Waals surface area (Å²) in [7, 11) is 0. The molecule has 2 amide bonds. The Labute approximate surface area is 183 Å². The molecule has 0 aromatic carbocycles. The van der Waals surface area contributed by atoms with Gasteiger partial charge in [-0.15, -0.1) is 0 Å². The highest BCUT2D eigenvalue weighted by Crippen LogP contribution is 2.29. The van der Waals surface area contributed by atoms with Crippen molar-refractivity contribution in [3.63, 3.8) is 0 Å². The number of halogens is 3. The number of hydrogen-bond donors (Lipinski definition) is 2. The number of nitrogens with zero attached hydrogens (tertiary/aromatic N) is 2. The molecular weight excluding hydrogens is 429 g/mol. The molecule has 1 atom stereocenters. The number of hydrogen-bond acceptors (Lipinski definition) is 6. The SMILES string of the molecule is CCOc1cc(C(C)NC(=O)c2ccnc(NC(=O)C(C)C)c2)cnc1OCC(F)(F)F. The molecule has 2 aromatic heterocycles. The van der Waals surface area contributed by atoms with Crippen LogP contribution in [0.1, 0.15) is 49.7 Å². The van der Waals surface area contributed by atoms with Crippen molar-refractivity contribution in [2.24, 2.45) is 5.92 Å². The van der Waals surface area contributed by atoms with Gasteiger partial charge < -0.3 is 20.1 Å². The molecule has 0 aliphatic heterocycles. The van der Waals surface area contributed by atoms with Gasteiger partial charge in [0, 0.05) is 23.9 Å². The lowest BCUT2D eigenvalue weighted by Crippen LogP contribution is -2.27. The Bertz CT molecular complexity index is 951. The second-order valence-corrected chi connectivity index (χ2v) is 7.18. The highest BCUT2D eigenvalue weighted by molar-refractivity contribution is 5.97. The lowest BCUT2D eigenvalue weighted by atomic mass is 10.1. The average molecular weight is 454 g/mol. The molecular formula is C21H25F3N4O4. The highest BCUT2D eigenvalue weighted by Gasteiger charge is 2.29. The lowest BCUT2D eigenvalue weighted by molar-refractivity contribution is -0.154. The van der Waals surface area contributed by atoms with Gasteiger partial charge in [-0.1, -0.05) is 13.8 Å². The van der Waals surface area contributed by atoms with Crippen LogP contribution in [0.15, 0.2) is 30.6 Å². The molecule has 1 unspecified atom stereocenters. The summed E-state index contributed by atoms with van der Waals surface area (Å²) in [6.07, 6.45) is -1.81. The minimum atomic E-state index is -4.51. The van der Waals surface area contributed by atoms with Crippen LogP contribution >= 0.6 is 0 Å². The normalized spacial score (nSPS) is 12.2. The Hall–Kier alpha value is -3.37. The number of carbonyl (C=O) groups is 2. The van der Waals surface area contributed by atoms with Gasteiger partial charge >= 0.3 is 6.18 Å². The van der Waals surface area contributed by atoms with E-state index < -0.39 is 24.7 Å². The molecule has 0 bridgehead atoms. The number of pyridine rings is 2.